The maximum Gasteiger partial charge on any atom is 0.337 e. The Morgan fingerprint density at radius 1 is 1.07 bits per heavy atom. The highest BCUT2D eigenvalue weighted by atomic mass is 16.5. The number of hydrogen-bond acceptors (Lipinski definition) is 5. The van der Waals surface area contributed by atoms with Gasteiger partial charge in [0.25, 0.3) is 0 Å². The van der Waals surface area contributed by atoms with Gasteiger partial charge >= 0.3 is 11.9 Å². The van der Waals surface area contributed by atoms with E-state index in [1.54, 1.807) is 12.2 Å². The fourth-order valence-corrected chi connectivity index (χ4v) is 1.76. The lowest BCUT2D eigenvalue weighted by molar-refractivity contribution is -0.139. The third kappa shape index (κ3) is 1.35. The van der Waals surface area contributed by atoms with Gasteiger partial charge in [-0.25, -0.2) is 9.59 Å². The van der Waals surface area contributed by atoms with Crippen molar-refractivity contribution in [3.05, 3.63) is 23.3 Å². The molecule has 0 unspecified atom stereocenters. The fraction of sp³-hybridized carbons (Fsp3) is 0.400. The van der Waals surface area contributed by atoms with Crippen molar-refractivity contribution in [3.8, 4) is 0 Å². The summed E-state index contributed by atoms with van der Waals surface area (Å²) in [5.41, 5.74) is 0.494. The Hall–Kier alpha value is -1.62. The van der Waals surface area contributed by atoms with Gasteiger partial charge in [-0.15, -0.1) is 0 Å². The summed E-state index contributed by atoms with van der Waals surface area (Å²) >= 11 is 0. The third-order valence-electron chi connectivity index (χ3n) is 2.42. The van der Waals surface area contributed by atoms with E-state index < -0.39 is 24.1 Å². The quantitative estimate of drug-likeness (QED) is 0.473. The summed E-state index contributed by atoms with van der Waals surface area (Å²) < 4.78 is 14.5. The second-order valence-electron chi connectivity index (χ2n) is 3.17. The third-order valence-corrected chi connectivity index (χ3v) is 2.42. The largest absolute Gasteiger partial charge is 0.466 e. The Morgan fingerprint density at radius 2 is 1.47 bits per heavy atom. The van der Waals surface area contributed by atoms with Gasteiger partial charge in [0.15, 0.2) is 0 Å². The normalized spacial score (nSPS) is 27.1. The summed E-state index contributed by atoms with van der Waals surface area (Å²) in [5, 5.41) is 0. The summed E-state index contributed by atoms with van der Waals surface area (Å²) in [5.74, 6) is -1.10. The van der Waals surface area contributed by atoms with Crippen molar-refractivity contribution >= 4 is 11.9 Å². The Morgan fingerprint density at radius 3 is 1.80 bits per heavy atom. The lowest BCUT2D eigenvalue weighted by Crippen LogP contribution is -2.20. The zero-order valence-electron chi connectivity index (χ0n) is 8.35. The van der Waals surface area contributed by atoms with Gasteiger partial charge in [0.05, 0.1) is 25.4 Å². The minimum Gasteiger partial charge on any atom is -0.466 e. The highest BCUT2D eigenvalue weighted by molar-refractivity contribution is 6.03. The monoisotopic (exact) mass is 210 g/mol. The van der Waals surface area contributed by atoms with Crippen molar-refractivity contribution in [2.24, 2.45) is 0 Å². The molecule has 2 heterocycles. The van der Waals surface area contributed by atoms with Gasteiger partial charge in [0.2, 0.25) is 0 Å². The minimum absolute atomic E-state index is 0.247. The molecule has 0 aromatic rings. The molecule has 0 amide bonds. The van der Waals surface area contributed by atoms with Crippen LogP contribution in [0.1, 0.15) is 0 Å². The van der Waals surface area contributed by atoms with E-state index in [4.69, 9.17) is 4.74 Å². The number of fused-ring (bicyclic) bond motifs is 2. The molecule has 2 aliphatic heterocycles. The van der Waals surface area contributed by atoms with E-state index in [1.807, 2.05) is 0 Å². The number of hydrogen-bond donors (Lipinski definition) is 0. The van der Waals surface area contributed by atoms with E-state index >= 15 is 0 Å². The molecule has 0 aromatic heterocycles. The summed E-state index contributed by atoms with van der Waals surface area (Å²) in [7, 11) is 2.53. The van der Waals surface area contributed by atoms with Crippen molar-refractivity contribution < 1.29 is 23.8 Å². The van der Waals surface area contributed by atoms with Crippen LogP contribution in [0.4, 0.5) is 0 Å². The first-order valence-corrected chi connectivity index (χ1v) is 4.43. The lowest BCUT2D eigenvalue weighted by Gasteiger charge is -2.09. The minimum atomic E-state index is -0.549. The topological polar surface area (TPSA) is 61.8 Å². The molecule has 0 saturated carbocycles. The second-order valence-corrected chi connectivity index (χ2v) is 3.17. The predicted molar refractivity (Wildman–Crippen MR) is 48.9 cm³/mol. The van der Waals surface area contributed by atoms with Crippen LogP contribution in [0.5, 0.6) is 0 Å². The molecule has 0 spiro atoms. The van der Waals surface area contributed by atoms with E-state index in [0.29, 0.717) is 0 Å². The van der Waals surface area contributed by atoms with Crippen molar-refractivity contribution in [3.63, 3.8) is 0 Å². The lowest BCUT2D eigenvalue weighted by atomic mass is 9.97. The number of ether oxygens (including phenoxy) is 3. The SMILES string of the molecule is COC(=O)C1=C(C(=O)OC)[C@H]2C=C[C@@H]1O2. The molecule has 0 aromatic carbocycles. The van der Waals surface area contributed by atoms with Crippen LogP contribution in [0.25, 0.3) is 0 Å². The number of rotatable bonds is 2. The van der Waals surface area contributed by atoms with Crippen molar-refractivity contribution in [1.29, 1.82) is 0 Å². The van der Waals surface area contributed by atoms with Gasteiger partial charge in [-0.1, -0.05) is 12.2 Å². The van der Waals surface area contributed by atoms with E-state index in [1.165, 1.54) is 14.2 Å². The first kappa shape index (κ1) is 9.92. The maximum absolute atomic E-state index is 11.4. The van der Waals surface area contributed by atoms with E-state index in [2.05, 4.69) is 9.47 Å². The van der Waals surface area contributed by atoms with Crippen LogP contribution in [0.2, 0.25) is 0 Å². The Bertz CT molecular complexity index is 345. The maximum atomic E-state index is 11.4. The predicted octanol–water partition coefficient (Wildman–Crippen LogP) is -0.0338. The molecular formula is C10H10O5. The van der Waals surface area contributed by atoms with Gasteiger partial charge in [-0.3, -0.25) is 0 Å². The smallest absolute Gasteiger partial charge is 0.337 e. The molecule has 0 aliphatic carbocycles. The van der Waals surface area contributed by atoms with Gasteiger partial charge in [-0.05, 0) is 0 Å². The Kier molecular flexibility index (Phi) is 2.32. The molecular weight excluding hydrogens is 200 g/mol. The van der Waals surface area contributed by atoms with Crippen LogP contribution in [0, 0.1) is 0 Å². The van der Waals surface area contributed by atoms with E-state index in [-0.39, 0.29) is 11.1 Å². The molecule has 0 N–H and O–H groups in total. The second kappa shape index (κ2) is 3.51. The van der Waals surface area contributed by atoms with Crippen LogP contribution < -0.4 is 0 Å². The summed E-state index contributed by atoms with van der Waals surface area (Å²) in [6, 6.07) is 0. The van der Waals surface area contributed by atoms with Crippen molar-refractivity contribution in [2.45, 2.75) is 12.2 Å². The first-order chi connectivity index (χ1) is 7.19. The molecule has 0 radical (unpaired) electrons. The van der Waals surface area contributed by atoms with Crippen molar-refractivity contribution in [1.82, 2.24) is 0 Å². The number of carbonyl (C=O) groups excluding carboxylic acids is 2. The summed E-state index contributed by atoms with van der Waals surface area (Å²) in [6.45, 7) is 0. The molecule has 5 heteroatoms. The molecule has 15 heavy (non-hydrogen) atoms. The fourth-order valence-electron chi connectivity index (χ4n) is 1.76. The first-order valence-electron chi connectivity index (χ1n) is 4.43. The Labute approximate surface area is 86.3 Å². The molecule has 0 fully saturated rings. The van der Waals surface area contributed by atoms with E-state index in [9.17, 15) is 9.59 Å². The number of carbonyl (C=O) groups is 2. The van der Waals surface area contributed by atoms with Crippen LogP contribution in [0.3, 0.4) is 0 Å². The molecule has 80 valence electrons. The number of methoxy groups -OCH3 is 2. The zero-order chi connectivity index (χ0) is 11.0. The molecule has 2 rings (SSSR count). The van der Waals surface area contributed by atoms with Crippen LogP contribution >= 0.6 is 0 Å². The average Bonchev–Trinajstić information content (AvgIpc) is 2.86. The molecule has 2 atom stereocenters. The summed E-state index contributed by atoms with van der Waals surface area (Å²) in [4.78, 5) is 22.9. The van der Waals surface area contributed by atoms with Crippen LogP contribution in [-0.4, -0.2) is 38.4 Å². The van der Waals surface area contributed by atoms with Gasteiger partial charge < -0.3 is 14.2 Å². The average molecular weight is 210 g/mol. The zero-order valence-corrected chi connectivity index (χ0v) is 8.35. The molecule has 2 bridgehead atoms. The highest BCUT2D eigenvalue weighted by Crippen LogP contribution is 2.35. The Balaban J connectivity index is 2.40. The standard InChI is InChI=1S/C10H10O5/c1-13-9(11)7-5-3-4-6(15-5)8(7)10(12)14-2/h3-6H,1-2H3/t5-,6+. The van der Waals surface area contributed by atoms with Crippen molar-refractivity contribution in [2.75, 3.05) is 14.2 Å². The van der Waals surface area contributed by atoms with Gasteiger partial charge in [-0.2, -0.15) is 0 Å². The molecule has 2 aliphatic rings. The molecule has 0 saturated heterocycles. The van der Waals surface area contributed by atoms with Crippen LogP contribution in [0.15, 0.2) is 23.3 Å². The van der Waals surface area contributed by atoms with Crippen LogP contribution in [-0.2, 0) is 23.8 Å². The van der Waals surface area contributed by atoms with Gasteiger partial charge in [0.1, 0.15) is 12.2 Å². The summed E-state index contributed by atoms with van der Waals surface area (Å²) in [6.07, 6.45) is 2.50. The molecule has 5 nitrogen and oxygen atoms in total. The van der Waals surface area contributed by atoms with Gasteiger partial charge in [0, 0.05) is 0 Å². The highest BCUT2D eigenvalue weighted by Gasteiger charge is 2.43. The van der Waals surface area contributed by atoms with E-state index in [0.717, 1.165) is 0 Å². The number of esters is 2.